The summed E-state index contributed by atoms with van der Waals surface area (Å²) in [6, 6.07) is 5.83. The smallest absolute Gasteiger partial charge is 0.368 e. The first-order chi connectivity index (χ1) is 15.7. The summed E-state index contributed by atoms with van der Waals surface area (Å²) in [5, 5.41) is 0. The molecule has 0 amide bonds. The quantitative estimate of drug-likeness (QED) is 0.446. The average molecular weight is 512 g/mol. The molecule has 2 heterocycles. The Morgan fingerprint density at radius 2 is 1.71 bits per heavy atom. The van der Waals surface area contributed by atoms with Crippen LogP contribution in [0.25, 0.3) is 0 Å². The first kappa shape index (κ1) is 24.7. The summed E-state index contributed by atoms with van der Waals surface area (Å²) in [5.41, 5.74) is -4.34. The van der Waals surface area contributed by atoms with Crippen LogP contribution in [0.5, 0.6) is 0 Å². The summed E-state index contributed by atoms with van der Waals surface area (Å²) in [7, 11) is -4.26. The van der Waals surface area contributed by atoms with Crippen LogP contribution in [0.2, 0.25) is 0 Å². The van der Waals surface area contributed by atoms with Crippen molar-refractivity contribution in [1.82, 2.24) is 4.31 Å². The minimum atomic E-state index is -4.82. The number of piperazine rings is 1. The highest BCUT2D eigenvalue weighted by Gasteiger charge is 2.67. The standard InChI is InChI=1S/C21H19F7N2O3S/c1-13-11-29(18-6-5-15(22)10-17(18)20(23,24)25)7-8-30(13)34(31,32)16-4-2-3-14(9-16)19(12-33-19)21(26,27)28/h2-6,9-10,13H,7-8,11-12H2,1H3/t13-,19-/m1/s1. The fourth-order valence-corrected chi connectivity index (χ4v) is 5.80. The Bertz CT molecular complexity index is 1190. The summed E-state index contributed by atoms with van der Waals surface area (Å²) in [6.07, 6.45) is -9.54. The Kier molecular flexibility index (Phi) is 5.89. The molecule has 0 unspecified atom stereocenters. The molecular weight excluding hydrogens is 493 g/mol. The van der Waals surface area contributed by atoms with Crippen LogP contribution in [0.1, 0.15) is 18.1 Å². The molecule has 186 valence electrons. The number of hydrogen-bond acceptors (Lipinski definition) is 4. The molecule has 0 aromatic heterocycles. The lowest BCUT2D eigenvalue weighted by atomic mass is 10.00. The maximum absolute atomic E-state index is 13.4. The lowest BCUT2D eigenvalue weighted by Gasteiger charge is -2.40. The summed E-state index contributed by atoms with van der Waals surface area (Å²) in [5.74, 6) is -1.05. The minimum absolute atomic E-state index is 0.131. The van der Waals surface area contributed by atoms with E-state index in [1.54, 1.807) is 0 Å². The van der Waals surface area contributed by atoms with Gasteiger partial charge in [0.15, 0.2) is 0 Å². The molecule has 13 heteroatoms. The van der Waals surface area contributed by atoms with E-state index in [0.717, 1.165) is 34.6 Å². The van der Waals surface area contributed by atoms with E-state index in [2.05, 4.69) is 4.74 Å². The molecule has 0 N–H and O–H groups in total. The Labute approximate surface area is 190 Å². The summed E-state index contributed by atoms with van der Waals surface area (Å²) in [6.45, 7) is 0.375. The number of ether oxygens (including phenoxy) is 1. The maximum atomic E-state index is 13.4. The zero-order chi connectivity index (χ0) is 25.1. The molecule has 2 aliphatic rings. The number of hydrogen-bond donors (Lipinski definition) is 0. The molecule has 5 nitrogen and oxygen atoms in total. The number of sulfonamides is 1. The highest BCUT2D eigenvalue weighted by Crippen LogP contribution is 2.52. The Balaban J connectivity index is 1.59. The Morgan fingerprint density at radius 1 is 1.03 bits per heavy atom. The van der Waals surface area contributed by atoms with Gasteiger partial charge in [0, 0.05) is 31.4 Å². The molecule has 0 radical (unpaired) electrons. The zero-order valence-corrected chi connectivity index (χ0v) is 18.4. The van der Waals surface area contributed by atoms with E-state index in [0.29, 0.717) is 6.07 Å². The van der Waals surface area contributed by atoms with E-state index in [9.17, 15) is 39.2 Å². The normalized spacial score (nSPS) is 24.4. The molecule has 2 saturated heterocycles. The number of benzene rings is 2. The van der Waals surface area contributed by atoms with Crippen molar-refractivity contribution in [1.29, 1.82) is 0 Å². The Hall–Kier alpha value is -2.38. The van der Waals surface area contributed by atoms with Gasteiger partial charge in [-0.2, -0.15) is 30.6 Å². The highest BCUT2D eigenvalue weighted by atomic mass is 32.2. The van der Waals surface area contributed by atoms with Gasteiger partial charge in [-0.25, -0.2) is 12.8 Å². The number of alkyl halides is 6. The summed E-state index contributed by atoms with van der Waals surface area (Å²) < 4.78 is 126. The van der Waals surface area contributed by atoms with Crippen LogP contribution in [0.15, 0.2) is 47.4 Å². The fourth-order valence-electron chi connectivity index (χ4n) is 4.14. The summed E-state index contributed by atoms with van der Waals surface area (Å²) >= 11 is 0. The van der Waals surface area contributed by atoms with Gasteiger partial charge in [-0.05, 0) is 42.8 Å². The van der Waals surface area contributed by atoms with Crippen LogP contribution in [0.3, 0.4) is 0 Å². The second kappa shape index (κ2) is 8.09. The monoisotopic (exact) mass is 512 g/mol. The van der Waals surface area contributed by atoms with Gasteiger partial charge < -0.3 is 9.64 Å². The van der Waals surface area contributed by atoms with Gasteiger partial charge in [0.25, 0.3) is 0 Å². The van der Waals surface area contributed by atoms with Crippen LogP contribution in [-0.2, 0) is 26.5 Å². The van der Waals surface area contributed by atoms with Crippen molar-refractivity contribution in [2.45, 2.75) is 35.8 Å². The highest BCUT2D eigenvalue weighted by molar-refractivity contribution is 7.89. The van der Waals surface area contributed by atoms with Crippen LogP contribution >= 0.6 is 0 Å². The zero-order valence-electron chi connectivity index (χ0n) is 17.6. The third-order valence-corrected chi connectivity index (χ3v) is 7.98. The van der Waals surface area contributed by atoms with Crippen molar-refractivity contribution in [3.8, 4) is 0 Å². The number of rotatable bonds is 4. The van der Waals surface area contributed by atoms with E-state index < -0.39 is 52.0 Å². The molecule has 4 rings (SSSR count). The molecule has 0 bridgehead atoms. The number of anilines is 1. The van der Waals surface area contributed by atoms with Crippen molar-refractivity contribution in [3.63, 3.8) is 0 Å². The molecule has 2 atom stereocenters. The largest absolute Gasteiger partial charge is 0.424 e. The third kappa shape index (κ3) is 4.24. The van der Waals surface area contributed by atoms with Crippen LogP contribution in [0, 0.1) is 5.82 Å². The molecule has 0 aliphatic carbocycles. The van der Waals surface area contributed by atoms with Gasteiger partial charge in [-0.3, -0.25) is 0 Å². The minimum Gasteiger partial charge on any atom is -0.368 e. The van der Waals surface area contributed by atoms with E-state index >= 15 is 0 Å². The number of nitrogens with zero attached hydrogens (tertiary/aromatic N) is 2. The Morgan fingerprint density at radius 3 is 2.26 bits per heavy atom. The lowest BCUT2D eigenvalue weighted by Crippen LogP contribution is -2.54. The van der Waals surface area contributed by atoms with Gasteiger partial charge in [-0.15, -0.1) is 0 Å². The number of epoxide rings is 1. The van der Waals surface area contributed by atoms with Gasteiger partial charge in [0.05, 0.1) is 17.1 Å². The van der Waals surface area contributed by atoms with E-state index in [4.69, 9.17) is 0 Å². The molecular formula is C21H19F7N2O3S. The lowest BCUT2D eigenvalue weighted by molar-refractivity contribution is -0.187. The topological polar surface area (TPSA) is 53.2 Å². The van der Waals surface area contributed by atoms with E-state index in [1.165, 1.54) is 17.9 Å². The third-order valence-electron chi connectivity index (χ3n) is 5.97. The number of halogens is 7. The molecule has 0 spiro atoms. The van der Waals surface area contributed by atoms with E-state index in [1.807, 2.05) is 0 Å². The summed E-state index contributed by atoms with van der Waals surface area (Å²) in [4.78, 5) is 0.939. The second-order valence-corrected chi connectivity index (χ2v) is 10.1. The van der Waals surface area contributed by atoms with Crippen LogP contribution in [-0.4, -0.2) is 51.2 Å². The van der Waals surface area contributed by atoms with Crippen molar-refractivity contribution in [2.75, 3.05) is 31.1 Å². The predicted octanol–water partition coefficient (Wildman–Crippen LogP) is 4.53. The first-order valence-electron chi connectivity index (χ1n) is 10.1. The average Bonchev–Trinajstić information content (AvgIpc) is 3.55. The van der Waals surface area contributed by atoms with Crippen molar-refractivity contribution >= 4 is 15.7 Å². The first-order valence-corrected chi connectivity index (χ1v) is 11.6. The van der Waals surface area contributed by atoms with Crippen LogP contribution < -0.4 is 4.90 Å². The molecule has 34 heavy (non-hydrogen) atoms. The van der Waals surface area contributed by atoms with Gasteiger partial charge in [-0.1, -0.05) is 12.1 Å². The molecule has 2 aromatic rings. The van der Waals surface area contributed by atoms with Gasteiger partial charge in [0.2, 0.25) is 15.6 Å². The van der Waals surface area contributed by atoms with E-state index in [-0.39, 0.29) is 35.8 Å². The second-order valence-electron chi connectivity index (χ2n) is 8.21. The molecule has 0 saturated carbocycles. The SMILES string of the molecule is C[C@@H]1CN(c2ccc(F)cc2C(F)(F)F)CCN1S(=O)(=O)c1cccc([C@@]2(C(F)(F)F)CO2)c1. The van der Waals surface area contributed by atoms with Crippen molar-refractivity contribution in [2.24, 2.45) is 0 Å². The van der Waals surface area contributed by atoms with Gasteiger partial charge >= 0.3 is 12.4 Å². The van der Waals surface area contributed by atoms with Crippen LogP contribution in [0.4, 0.5) is 36.4 Å². The van der Waals surface area contributed by atoms with Crippen molar-refractivity contribution in [3.05, 3.63) is 59.4 Å². The fraction of sp³-hybridized carbons (Fsp3) is 0.429. The van der Waals surface area contributed by atoms with Gasteiger partial charge in [0.1, 0.15) is 5.82 Å². The maximum Gasteiger partial charge on any atom is 0.424 e. The molecule has 2 aliphatic heterocycles. The molecule has 2 fully saturated rings. The molecule has 2 aromatic carbocycles. The van der Waals surface area contributed by atoms with Crippen molar-refractivity contribution < 1.29 is 43.9 Å². The predicted molar refractivity (Wildman–Crippen MR) is 107 cm³/mol.